The van der Waals surface area contributed by atoms with Crippen LogP contribution in [0.2, 0.25) is 0 Å². The molecule has 0 bridgehead atoms. The van der Waals surface area contributed by atoms with Crippen molar-refractivity contribution in [2.24, 2.45) is 7.05 Å². The maximum atomic E-state index is 5.51. The van der Waals surface area contributed by atoms with Gasteiger partial charge in [0.25, 0.3) is 0 Å². The van der Waals surface area contributed by atoms with Gasteiger partial charge in [-0.25, -0.2) is 4.98 Å². The zero-order chi connectivity index (χ0) is 14.5. The molecule has 0 amide bonds. The van der Waals surface area contributed by atoms with Crippen LogP contribution in [0.5, 0.6) is 5.88 Å². The molecule has 2 rings (SSSR count). The molecule has 1 N–H and O–H groups in total. The van der Waals surface area contributed by atoms with Crippen LogP contribution >= 0.6 is 0 Å². The fraction of sp³-hybridized carbons (Fsp3) is 0.467. The van der Waals surface area contributed by atoms with E-state index in [9.17, 15) is 0 Å². The predicted octanol–water partition coefficient (Wildman–Crippen LogP) is 2.95. The lowest BCUT2D eigenvalue weighted by atomic mass is 10.1. The fourth-order valence-electron chi connectivity index (χ4n) is 2.14. The number of ether oxygens (including phenoxy) is 1. The summed E-state index contributed by atoms with van der Waals surface area (Å²) < 4.78 is 7.37. The molecule has 0 saturated heterocycles. The molecule has 5 heteroatoms. The molecule has 0 atom stereocenters. The second kappa shape index (κ2) is 6.41. The number of anilines is 1. The van der Waals surface area contributed by atoms with Crippen molar-refractivity contribution in [1.29, 1.82) is 0 Å². The number of hydrogen-bond donors (Lipinski definition) is 1. The van der Waals surface area contributed by atoms with Gasteiger partial charge in [0.05, 0.1) is 18.0 Å². The summed E-state index contributed by atoms with van der Waals surface area (Å²) in [5, 5.41) is 7.89. The summed E-state index contributed by atoms with van der Waals surface area (Å²) in [5.41, 5.74) is 3.24. The van der Waals surface area contributed by atoms with Crippen molar-refractivity contribution in [2.75, 3.05) is 11.9 Å². The third-order valence-electron chi connectivity index (χ3n) is 3.01. The Bertz CT molecular complexity index is 563. The highest BCUT2D eigenvalue weighted by atomic mass is 16.5. The maximum Gasteiger partial charge on any atom is 0.237 e. The van der Waals surface area contributed by atoms with Crippen LogP contribution in [0, 0.1) is 0 Å². The number of aromatic nitrogens is 3. The first-order valence-corrected chi connectivity index (χ1v) is 6.96. The van der Waals surface area contributed by atoms with Crippen LogP contribution in [-0.4, -0.2) is 21.4 Å². The topological polar surface area (TPSA) is 52.0 Å². The van der Waals surface area contributed by atoms with Crippen LogP contribution in [-0.2, 0) is 13.6 Å². The molecule has 0 spiro atoms. The first kappa shape index (κ1) is 14.4. The highest BCUT2D eigenvalue weighted by Gasteiger charge is 2.12. The molecule has 0 radical (unpaired) electrons. The minimum Gasteiger partial charge on any atom is -0.476 e. The molecule has 0 aliphatic heterocycles. The highest BCUT2D eigenvalue weighted by molar-refractivity contribution is 5.52. The zero-order valence-electron chi connectivity index (χ0n) is 12.6. The molecule has 2 aromatic heterocycles. The number of nitrogens with one attached hydrogen (secondary N) is 1. The van der Waals surface area contributed by atoms with E-state index in [2.05, 4.69) is 35.4 Å². The largest absolute Gasteiger partial charge is 0.476 e. The SMILES string of the molecule is CCOc1ncccc1NCc1cn(C)nc1C(C)C. The van der Waals surface area contributed by atoms with Gasteiger partial charge in [0.2, 0.25) is 5.88 Å². The summed E-state index contributed by atoms with van der Waals surface area (Å²) in [4.78, 5) is 4.24. The number of pyridine rings is 1. The molecule has 0 aliphatic rings. The second-order valence-corrected chi connectivity index (χ2v) is 5.01. The Labute approximate surface area is 120 Å². The molecule has 0 unspecified atom stereocenters. The van der Waals surface area contributed by atoms with Gasteiger partial charge in [0, 0.05) is 31.5 Å². The molecule has 0 aliphatic carbocycles. The van der Waals surface area contributed by atoms with E-state index in [0.29, 0.717) is 24.9 Å². The third kappa shape index (κ3) is 3.29. The van der Waals surface area contributed by atoms with Crippen LogP contribution < -0.4 is 10.1 Å². The average Bonchev–Trinajstić information content (AvgIpc) is 2.79. The Morgan fingerprint density at radius 3 is 2.90 bits per heavy atom. The molecule has 2 heterocycles. The number of hydrogen-bond acceptors (Lipinski definition) is 4. The minimum atomic E-state index is 0.410. The van der Waals surface area contributed by atoms with E-state index in [-0.39, 0.29) is 0 Å². The second-order valence-electron chi connectivity index (χ2n) is 5.01. The Morgan fingerprint density at radius 2 is 2.20 bits per heavy atom. The van der Waals surface area contributed by atoms with E-state index < -0.39 is 0 Å². The van der Waals surface area contributed by atoms with E-state index in [1.807, 2.05) is 30.8 Å². The van der Waals surface area contributed by atoms with Crippen LogP contribution in [0.3, 0.4) is 0 Å². The summed E-state index contributed by atoms with van der Waals surface area (Å²) in [6, 6.07) is 3.88. The number of aryl methyl sites for hydroxylation is 1. The quantitative estimate of drug-likeness (QED) is 0.880. The lowest BCUT2D eigenvalue weighted by molar-refractivity contribution is 0.328. The van der Waals surface area contributed by atoms with Crippen LogP contribution in [0.4, 0.5) is 5.69 Å². The van der Waals surface area contributed by atoms with Gasteiger partial charge in [-0.15, -0.1) is 0 Å². The number of nitrogens with zero attached hydrogens (tertiary/aromatic N) is 3. The zero-order valence-corrected chi connectivity index (χ0v) is 12.6. The molecular weight excluding hydrogens is 252 g/mol. The van der Waals surface area contributed by atoms with E-state index in [0.717, 1.165) is 11.4 Å². The van der Waals surface area contributed by atoms with Gasteiger partial charge >= 0.3 is 0 Å². The van der Waals surface area contributed by atoms with E-state index >= 15 is 0 Å². The van der Waals surface area contributed by atoms with Gasteiger partial charge in [-0.2, -0.15) is 5.10 Å². The van der Waals surface area contributed by atoms with Crippen molar-refractivity contribution in [2.45, 2.75) is 33.2 Å². The molecule has 0 fully saturated rings. The average molecular weight is 274 g/mol. The number of rotatable bonds is 6. The van der Waals surface area contributed by atoms with Gasteiger partial charge < -0.3 is 10.1 Å². The van der Waals surface area contributed by atoms with Gasteiger partial charge in [-0.3, -0.25) is 4.68 Å². The molecule has 108 valence electrons. The maximum absolute atomic E-state index is 5.51. The fourth-order valence-corrected chi connectivity index (χ4v) is 2.14. The standard InChI is InChI=1S/C15H22N4O/c1-5-20-15-13(7-6-8-16-15)17-9-12-10-19(4)18-14(12)11(2)3/h6-8,10-11,17H,5,9H2,1-4H3. The lowest BCUT2D eigenvalue weighted by Crippen LogP contribution is -2.05. The summed E-state index contributed by atoms with van der Waals surface area (Å²) in [5.74, 6) is 1.05. The van der Waals surface area contributed by atoms with Crippen molar-refractivity contribution in [3.05, 3.63) is 35.8 Å². The van der Waals surface area contributed by atoms with Gasteiger partial charge in [0.1, 0.15) is 0 Å². The van der Waals surface area contributed by atoms with E-state index in [1.165, 1.54) is 5.56 Å². The monoisotopic (exact) mass is 274 g/mol. The molecule has 5 nitrogen and oxygen atoms in total. The van der Waals surface area contributed by atoms with Crippen molar-refractivity contribution < 1.29 is 4.74 Å². The van der Waals surface area contributed by atoms with Gasteiger partial charge in [-0.1, -0.05) is 13.8 Å². The normalized spacial score (nSPS) is 10.8. The smallest absolute Gasteiger partial charge is 0.237 e. The van der Waals surface area contributed by atoms with E-state index in [4.69, 9.17) is 4.74 Å². The molecular formula is C15H22N4O. The van der Waals surface area contributed by atoms with Gasteiger partial charge in [0.15, 0.2) is 0 Å². The third-order valence-corrected chi connectivity index (χ3v) is 3.01. The predicted molar refractivity (Wildman–Crippen MR) is 80.0 cm³/mol. The Morgan fingerprint density at radius 1 is 1.40 bits per heavy atom. The van der Waals surface area contributed by atoms with Crippen molar-refractivity contribution in [3.63, 3.8) is 0 Å². The first-order chi connectivity index (χ1) is 9.61. The van der Waals surface area contributed by atoms with Crippen molar-refractivity contribution in [3.8, 4) is 5.88 Å². The minimum absolute atomic E-state index is 0.410. The lowest BCUT2D eigenvalue weighted by Gasteiger charge is -2.11. The Kier molecular flexibility index (Phi) is 4.61. The molecule has 20 heavy (non-hydrogen) atoms. The van der Waals surface area contributed by atoms with Crippen molar-refractivity contribution in [1.82, 2.24) is 14.8 Å². The van der Waals surface area contributed by atoms with Crippen LogP contribution in [0.15, 0.2) is 24.5 Å². The van der Waals surface area contributed by atoms with Crippen LogP contribution in [0.1, 0.15) is 37.9 Å². The summed E-state index contributed by atoms with van der Waals surface area (Å²) >= 11 is 0. The van der Waals surface area contributed by atoms with Crippen molar-refractivity contribution >= 4 is 5.69 Å². The Balaban J connectivity index is 2.13. The Hall–Kier alpha value is -2.04. The van der Waals surface area contributed by atoms with Gasteiger partial charge in [-0.05, 0) is 25.0 Å². The van der Waals surface area contributed by atoms with E-state index in [1.54, 1.807) is 6.20 Å². The van der Waals surface area contributed by atoms with Crippen LogP contribution in [0.25, 0.3) is 0 Å². The summed E-state index contributed by atoms with van der Waals surface area (Å²) in [7, 11) is 1.95. The molecule has 2 aromatic rings. The molecule has 0 saturated carbocycles. The first-order valence-electron chi connectivity index (χ1n) is 6.96. The highest BCUT2D eigenvalue weighted by Crippen LogP contribution is 2.23. The molecule has 0 aromatic carbocycles. The summed E-state index contributed by atoms with van der Waals surface area (Å²) in [6.45, 7) is 7.59. The summed E-state index contributed by atoms with van der Waals surface area (Å²) in [6.07, 6.45) is 3.79.